The summed E-state index contributed by atoms with van der Waals surface area (Å²) in [5, 5.41) is 17.9. The molecular formula is C19H21N5O3. The highest BCUT2D eigenvalue weighted by atomic mass is 16.6. The predicted octanol–water partition coefficient (Wildman–Crippen LogP) is 3.16. The molecule has 0 aliphatic rings. The fraction of sp³-hybridized carbons (Fsp3) is 0.263. The van der Waals surface area contributed by atoms with Crippen LogP contribution < -0.4 is 5.32 Å². The summed E-state index contributed by atoms with van der Waals surface area (Å²) in [7, 11) is 0. The van der Waals surface area contributed by atoms with Crippen LogP contribution in [0.4, 0.5) is 5.69 Å². The molecule has 3 rings (SSSR count). The number of nitro groups is 1. The Balaban J connectivity index is 1.54. The summed E-state index contributed by atoms with van der Waals surface area (Å²) < 4.78 is 3.45. The van der Waals surface area contributed by atoms with Crippen LogP contribution in [0.1, 0.15) is 30.6 Å². The van der Waals surface area contributed by atoms with Gasteiger partial charge in [0.05, 0.1) is 11.0 Å². The van der Waals surface area contributed by atoms with Crippen LogP contribution in [-0.2, 0) is 11.3 Å². The van der Waals surface area contributed by atoms with E-state index in [1.165, 1.54) is 10.9 Å². The van der Waals surface area contributed by atoms with Crippen molar-refractivity contribution in [2.75, 3.05) is 0 Å². The predicted molar refractivity (Wildman–Crippen MR) is 101 cm³/mol. The van der Waals surface area contributed by atoms with E-state index in [1.807, 2.05) is 60.3 Å². The van der Waals surface area contributed by atoms with Crippen molar-refractivity contribution in [2.24, 2.45) is 0 Å². The van der Waals surface area contributed by atoms with E-state index in [2.05, 4.69) is 10.4 Å². The van der Waals surface area contributed by atoms with Crippen LogP contribution in [-0.4, -0.2) is 25.2 Å². The molecule has 8 nitrogen and oxygen atoms in total. The Bertz CT molecular complexity index is 929. The van der Waals surface area contributed by atoms with Crippen LogP contribution >= 0.6 is 0 Å². The molecule has 1 unspecified atom stereocenters. The molecule has 0 aliphatic carbocycles. The number of nitrogens with one attached hydrogen (secondary N) is 1. The van der Waals surface area contributed by atoms with Crippen LogP contribution in [0.3, 0.4) is 0 Å². The minimum atomic E-state index is -0.474. The van der Waals surface area contributed by atoms with Crippen LogP contribution in [0.25, 0.3) is 5.69 Å². The molecule has 1 amide bonds. The van der Waals surface area contributed by atoms with E-state index in [0.29, 0.717) is 12.2 Å². The second-order valence-corrected chi connectivity index (χ2v) is 6.34. The minimum absolute atomic E-state index is 0.0356. The van der Waals surface area contributed by atoms with Gasteiger partial charge in [0, 0.05) is 31.0 Å². The second-order valence-electron chi connectivity index (χ2n) is 6.34. The molecule has 1 aromatic carbocycles. The maximum atomic E-state index is 12.2. The molecule has 1 N–H and O–H groups in total. The zero-order valence-corrected chi connectivity index (χ0v) is 15.2. The van der Waals surface area contributed by atoms with E-state index in [1.54, 1.807) is 6.92 Å². The van der Waals surface area contributed by atoms with Gasteiger partial charge in [-0.3, -0.25) is 19.6 Å². The second kappa shape index (κ2) is 7.86. The van der Waals surface area contributed by atoms with Gasteiger partial charge in [-0.1, -0.05) is 12.1 Å². The molecule has 1 atom stereocenters. The fourth-order valence-electron chi connectivity index (χ4n) is 2.86. The van der Waals surface area contributed by atoms with E-state index in [9.17, 15) is 14.9 Å². The van der Waals surface area contributed by atoms with Crippen LogP contribution in [0, 0.1) is 17.0 Å². The van der Waals surface area contributed by atoms with Crippen molar-refractivity contribution in [3.8, 4) is 5.69 Å². The highest BCUT2D eigenvalue weighted by molar-refractivity contribution is 5.76. The molecule has 140 valence electrons. The molecule has 3 aromatic rings. The molecule has 0 saturated carbocycles. The third kappa shape index (κ3) is 4.41. The van der Waals surface area contributed by atoms with Crippen molar-refractivity contribution < 1.29 is 9.72 Å². The lowest BCUT2D eigenvalue weighted by Crippen LogP contribution is -2.27. The van der Waals surface area contributed by atoms with Crippen LogP contribution in [0.15, 0.2) is 55.0 Å². The van der Waals surface area contributed by atoms with Crippen LogP contribution in [0.5, 0.6) is 0 Å². The van der Waals surface area contributed by atoms with Gasteiger partial charge in [-0.25, -0.2) is 0 Å². The lowest BCUT2D eigenvalue weighted by atomic mass is 10.1. The van der Waals surface area contributed by atoms with E-state index >= 15 is 0 Å². The normalized spacial score (nSPS) is 11.9. The molecule has 2 heterocycles. The van der Waals surface area contributed by atoms with Crippen molar-refractivity contribution in [3.63, 3.8) is 0 Å². The zero-order valence-electron chi connectivity index (χ0n) is 15.2. The Morgan fingerprint density at radius 3 is 2.52 bits per heavy atom. The van der Waals surface area contributed by atoms with Gasteiger partial charge in [0.25, 0.3) is 0 Å². The van der Waals surface area contributed by atoms with Crippen molar-refractivity contribution in [1.82, 2.24) is 19.7 Å². The van der Waals surface area contributed by atoms with E-state index in [-0.39, 0.29) is 24.1 Å². The van der Waals surface area contributed by atoms with E-state index in [0.717, 1.165) is 11.3 Å². The lowest BCUT2D eigenvalue weighted by Gasteiger charge is -2.15. The first-order chi connectivity index (χ1) is 12.9. The van der Waals surface area contributed by atoms with Gasteiger partial charge in [-0.2, -0.15) is 5.10 Å². The number of rotatable bonds is 7. The topological polar surface area (TPSA) is 95.0 Å². The highest BCUT2D eigenvalue weighted by Gasteiger charge is 2.16. The molecule has 0 aliphatic heterocycles. The van der Waals surface area contributed by atoms with Gasteiger partial charge in [0.15, 0.2) is 0 Å². The first-order valence-electron chi connectivity index (χ1n) is 8.65. The maximum Gasteiger partial charge on any atom is 0.309 e. The summed E-state index contributed by atoms with van der Waals surface area (Å²) in [6.07, 6.45) is 5.50. The first kappa shape index (κ1) is 18.4. The Morgan fingerprint density at radius 1 is 1.26 bits per heavy atom. The van der Waals surface area contributed by atoms with Crippen molar-refractivity contribution in [2.45, 2.75) is 32.9 Å². The molecule has 27 heavy (non-hydrogen) atoms. The van der Waals surface area contributed by atoms with Crippen LogP contribution in [0.2, 0.25) is 0 Å². The lowest BCUT2D eigenvalue weighted by molar-refractivity contribution is -0.385. The summed E-state index contributed by atoms with van der Waals surface area (Å²) in [6.45, 7) is 3.79. The number of carbonyl (C=O) groups is 1. The van der Waals surface area contributed by atoms with Gasteiger partial charge in [-0.05, 0) is 43.7 Å². The third-order valence-corrected chi connectivity index (χ3v) is 4.36. The monoisotopic (exact) mass is 367 g/mol. The number of nitrogens with zero attached hydrogens (tertiary/aromatic N) is 4. The number of carbonyl (C=O) groups excluding carboxylic acids is 1. The molecule has 0 fully saturated rings. The number of benzene rings is 1. The van der Waals surface area contributed by atoms with Gasteiger partial charge in [-0.15, -0.1) is 0 Å². The molecule has 0 saturated heterocycles. The third-order valence-electron chi connectivity index (χ3n) is 4.36. The molecule has 0 radical (unpaired) electrons. The Morgan fingerprint density at radius 2 is 1.93 bits per heavy atom. The quantitative estimate of drug-likeness (QED) is 0.512. The Kier molecular flexibility index (Phi) is 5.35. The highest BCUT2D eigenvalue weighted by Crippen LogP contribution is 2.17. The molecule has 0 bridgehead atoms. The molecule has 0 spiro atoms. The smallest absolute Gasteiger partial charge is 0.309 e. The van der Waals surface area contributed by atoms with Crippen molar-refractivity contribution >= 4 is 11.6 Å². The van der Waals surface area contributed by atoms with Gasteiger partial charge in [0.1, 0.15) is 11.9 Å². The number of amides is 1. The van der Waals surface area contributed by atoms with Gasteiger partial charge >= 0.3 is 5.69 Å². The largest absolute Gasteiger partial charge is 0.350 e. The summed E-state index contributed by atoms with van der Waals surface area (Å²) in [5.74, 6) is -0.132. The van der Waals surface area contributed by atoms with Gasteiger partial charge in [0.2, 0.25) is 5.91 Å². The Hall–Kier alpha value is -3.42. The maximum absolute atomic E-state index is 12.2. The SMILES string of the molecule is Cc1nn(CCC(=O)NC(C)c2ccc(-n3cccc3)cc2)cc1[N+](=O)[O-]. The average Bonchev–Trinajstić information content (AvgIpc) is 3.30. The fourth-order valence-corrected chi connectivity index (χ4v) is 2.86. The number of aromatic nitrogens is 3. The number of hydrogen-bond donors (Lipinski definition) is 1. The van der Waals surface area contributed by atoms with Gasteiger partial charge < -0.3 is 9.88 Å². The zero-order chi connectivity index (χ0) is 19.4. The number of aryl methyl sites for hydroxylation is 2. The van der Waals surface area contributed by atoms with Crippen molar-refractivity contribution in [3.05, 3.63) is 76.4 Å². The first-order valence-corrected chi connectivity index (χ1v) is 8.65. The summed E-state index contributed by atoms with van der Waals surface area (Å²) in [5.41, 5.74) is 2.37. The molecule has 2 aromatic heterocycles. The standard InChI is InChI=1S/C19H21N5O3/c1-14(16-5-7-17(8-6-16)22-10-3-4-11-22)20-19(25)9-12-23-13-18(24(26)27)15(2)21-23/h3-8,10-11,13-14H,9,12H2,1-2H3,(H,20,25). The minimum Gasteiger partial charge on any atom is -0.350 e. The Labute approximate surface area is 156 Å². The molecule has 8 heteroatoms. The summed E-state index contributed by atoms with van der Waals surface area (Å²) >= 11 is 0. The summed E-state index contributed by atoms with van der Waals surface area (Å²) in [4.78, 5) is 22.6. The molecular weight excluding hydrogens is 346 g/mol. The van der Waals surface area contributed by atoms with Crippen molar-refractivity contribution in [1.29, 1.82) is 0 Å². The summed E-state index contributed by atoms with van der Waals surface area (Å²) in [6, 6.07) is 11.8. The van der Waals surface area contributed by atoms with E-state index < -0.39 is 4.92 Å². The number of hydrogen-bond acceptors (Lipinski definition) is 4. The van der Waals surface area contributed by atoms with E-state index in [4.69, 9.17) is 0 Å². The average molecular weight is 367 g/mol.